The lowest BCUT2D eigenvalue weighted by Gasteiger charge is -2.02. The first-order valence-electron chi connectivity index (χ1n) is 6.99. The van der Waals surface area contributed by atoms with Crippen molar-refractivity contribution >= 4 is 21.6 Å². The van der Waals surface area contributed by atoms with Gasteiger partial charge in [-0.15, -0.1) is 11.3 Å². The van der Waals surface area contributed by atoms with Crippen molar-refractivity contribution < 1.29 is 4.74 Å². The van der Waals surface area contributed by atoms with Crippen molar-refractivity contribution in [1.29, 1.82) is 0 Å². The maximum atomic E-state index is 4.99. The number of hydrogen-bond acceptors (Lipinski definition) is 4. The minimum atomic E-state index is 0.772. The number of methoxy groups -OCH3 is 1. The molecule has 0 aliphatic heterocycles. The van der Waals surface area contributed by atoms with Crippen LogP contribution in [0.15, 0.2) is 35.9 Å². The molecular formula is C16H22N2OS. The first kappa shape index (κ1) is 15.2. The lowest BCUT2D eigenvalue weighted by Crippen LogP contribution is -2.19. The summed E-state index contributed by atoms with van der Waals surface area (Å²) in [7, 11) is 1.73. The highest BCUT2D eigenvalue weighted by molar-refractivity contribution is 7.18. The van der Waals surface area contributed by atoms with E-state index in [0.717, 1.165) is 38.1 Å². The second-order valence-electron chi connectivity index (χ2n) is 4.83. The topological polar surface area (TPSA) is 34.1 Å². The zero-order valence-corrected chi connectivity index (χ0v) is 13.0. The number of para-hydroxylation sites is 1. The van der Waals surface area contributed by atoms with Crippen LogP contribution < -0.4 is 5.32 Å². The molecule has 108 valence electrons. The number of hydrogen-bond donors (Lipinski definition) is 1. The van der Waals surface area contributed by atoms with E-state index in [1.807, 2.05) is 6.07 Å². The summed E-state index contributed by atoms with van der Waals surface area (Å²) >= 11 is 1.79. The van der Waals surface area contributed by atoms with Crippen LogP contribution in [0.25, 0.3) is 10.2 Å². The number of aromatic nitrogens is 1. The molecular weight excluding hydrogens is 268 g/mol. The molecule has 20 heavy (non-hydrogen) atoms. The van der Waals surface area contributed by atoms with E-state index in [4.69, 9.17) is 4.74 Å². The highest BCUT2D eigenvalue weighted by atomic mass is 32.1. The van der Waals surface area contributed by atoms with Crippen LogP contribution in [0.4, 0.5) is 0 Å². The first-order valence-corrected chi connectivity index (χ1v) is 7.81. The molecule has 1 aromatic heterocycles. The minimum Gasteiger partial charge on any atom is -0.383 e. The smallest absolute Gasteiger partial charge is 0.0978 e. The number of ether oxygens (including phenoxy) is 1. The summed E-state index contributed by atoms with van der Waals surface area (Å²) in [6, 6.07) is 8.32. The highest BCUT2D eigenvalue weighted by Crippen LogP contribution is 2.23. The molecule has 1 aromatic carbocycles. The Morgan fingerprint density at radius 3 is 3.00 bits per heavy atom. The second-order valence-corrected chi connectivity index (χ2v) is 5.95. The van der Waals surface area contributed by atoms with E-state index in [9.17, 15) is 0 Å². The van der Waals surface area contributed by atoms with E-state index in [-0.39, 0.29) is 0 Å². The van der Waals surface area contributed by atoms with E-state index in [1.54, 1.807) is 18.4 Å². The Balaban J connectivity index is 1.79. The van der Waals surface area contributed by atoms with Crippen LogP contribution >= 0.6 is 11.3 Å². The molecule has 1 heterocycles. The maximum absolute atomic E-state index is 4.99. The molecule has 0 saturated carbocycles. The molecule has 2 rings (SSSR count). The summed E-state index contributed by atoms with van der Waals surface area (Å²) in [6.07, 6.45) is 4.31. The largest absolute Gasteiger partial charge is 0.383 e. The van der Waals surface area contributed by atoms with Gasteiger partial charge in [-0.2, -0.15) is 0 Å². The Bertz CT molecular complexity index is 529. The van der Waals surface area contributed by atoms with E-state index in [2.05, 4.69) is 41.5 Å². The van der Waals surface area contributed by atoms with E-state index in [1.165, 1.54) is 15.3 Å². The van der Waals surface area contributed by atoms with Gasteiger partial charge in [0.15, 0.2) is 0 Å². The number of nitrogens with one attached hydrogen (secondary N) is 1. The predicted octanol–water partition coefficient (Wildman–Crippen LogP) is 3.41. The predicted molar refractivity (Wildman–Crippen MR) is 86.4 cm³/mol. The van der Waals surface area contributed by atoms with Crippen molar-refractivity contribution in [1.82, 2.24) is 10.3 Å². The second kappa shape index (κ2) is 8.15. The van der Waals surface area contributed by atoms with Crippen molar-refractivity contribution in [3.8, 4) is 0 Å². The van der Waals surface area contributed by atoms with Crippen molar-refractivity contribution in [2.24, 2.45) is 0 Å². The highest BCUT2D eigenvalue weighted by Gasteiger charge is 2.03. The maximum Gasteiger partial charge on any atom is 0.0978 e. The Hall–Kier alpha value is -1.23. The number of benzene rings is 1. The molecule has 0 radical (unpaired) electrons. The average molecular weight is 290 g/mol. The number of thiazole rings is 1. The minimum absolute atomic E-state index is 0.772. The SMILES string of the molecule is COCCNCCC=C(C)Cc1nc2ccccc2s1. The summed E-state index contributed by atoms with van der Waals surface area (Å²) < 4.78 is 6.27. The van der Waals surface area contributed by atoms with Gasteiger partial charge in [-0.05, 0) is 32.0 Å². The fraction of sp³-hybridized carbons (Fsp3) is 0.438. The van der Waals surface area contributed by atoms with Gasteiger partial charge in [-0.25, -0.2) is 4.98 Å². The average Bonchev–Trinajstić information content (AvgIpc) is 2.84. The molecule has 2 aromatic rings. The molecule has 0 aliphatic carbocycles. The number of nitrogens with zero attached hydrogens (tertiary/aromatic N) is 1. The van der Waals surface area contributed by atoms with Gasteiger partial charge in [-0.3, -0.25) is 0 Å². The zero-order valence-electron chi connectivity index (χ0n) is 12.2. The zero-order chi connectivity index (χ0) is 14.2. The van der Waals surface area contributed by atoms with Crippen LogP contribution in [0.3, 0.4) is 0 Å². The molecule has 0 saturated heterocycles. The molecule has 0 atom stereocenters. The van der Waals surface area contributed by atoms with E-state index < -0.39 is 0 Å². The quantitative estimate of drug-likeness (QED) is 0.597. The molecule has 0 aliphatic rings. The molecule has 1 N–H and O–H groups in total. The van der Waals surface area contributed by atoms with Gasteiger partial charge >= 0.3 is 0 Å². The summed E-state index contributed by atoms with van der Waals surface area (Å²) in [5, 5.41) is 4.55. The summed E-state index contributed by atoms with van der Waals surface area (Å²) in [5.41, 5.74) is 2.50. The molecule has 3 nitrogen and oxygen atoms in total. The summed E-state index contributed by atoms with van der Waals surface area (Å²) in [6.45, 7) is 4.87. The van der Waals surface area contributed by atoms with E-state index in [0.29, 0.717) is 0 Å². The molecule has 4 heteroatoms. The van der Waals surface area contributed by atoms with Gasteiger partial charge in [0.2, 0.25) is 0 Å². The molecule has 0 spiro atoms. The summed E-state index contributed by atoms with van der Waals surface area (Å²) in [4.78, 5) is 4.67. The Morgan fingerprint density at radius 1 is 1.35 bits per heavy atom. The lowest BCUT2D eigenvalue weighted by molar-refractivity contribution is 0.199. The van der Waals surface area contributed by atoms with Gasteiger partial charge in [0, 0.05) is 20.1 Å². The molecule has 0 unspecified atom stereocenters. The van der Waals surface area contributed by atoms with Crippen LogP contribution in [0.5, 0.6) is 0 Å². The van der Waals surface area contributed by atoms with Crippen molar-refractivity contribution in [2.45, 2.75) is 19.8 Å². The molecule has 0 fully saturated rings. The van der Waals surface area contributed by atoms with Crippen LogP contribution in [-0.2, 0) is 11.2 Å². The first-order chi connectivity index (χ1) is 9.79. The summed E-state index contributed by atoms with van der Waals surface area (Å²) in [5.74, 6) is 0. The van der Waals surface area contributed by atoms with Gasteiger partial charge in [0.05, 0.1) is 21.8 Å². The van der Waals surface area contributed by atoms with Crippen LogP contribution in [0.2, 0.25) is 0 Å². The van der Waals surface area contributed by atoms with Crippen molar-refractivity contribution in [2.75, 3.05) is 26.8 Å². The number of rotatable bonds is 8. The van der Waals surface area contributed by atoms with E-state index >= 15 is 0 Å². The Kier molecular flexibility index (Phi) is 6.18. The van der Waals surface area contributed by atoms with Crippen molar-refractivity contribution in [3.05, 3.63) is 40.9 Å². The number of allylic oxidation sites excluding steroid dienone is 1. The molecule has 0 bridgehead atoms. The van der Waals surface area contributed by atoms with Gasteiger partial charge in [-0.1, -0.05) is 23.8 Å². The fourth-order valence-corrected chi connectivity index (χ4v) is 3.09. The Labute approximate surface area is 124 Å². The van der Waals surface area contributed by atoms with Gasteiger partial charge in [0.1, 0.15) is 0 Å². The normalized spacial score (nSPS) is 12.2. The van der Waals surface area contributed by atoms with Crippen LogP contribution in [-0.4, -0.2) is 31.8 Å². The van der Waals surface area contributed by atoms with Crippen LogP contribution in [0, 0.1) is 0 Å². The third-order valence-electron chi connectivity index (χ3n) is 3.07. The molecule has 0 amide bonds. The van der Waals surface area contributed by atoms with Gasteiger partial charge < -0.3 is 10.1 Å². The monoisotopic (exact) mass is 290 g/mol. The lowest BCUT2D eigenvalue weighted by atomic mass is 10.2. The standard InChI is InChI=1S/C16H22N2OS/c1-13(6-5-9-17-10-11-19-2)12-16-18-14-7-3-4-8-15(14)20-16/h3-4,6-8,17H,5,9-12H2,1-2H3. The fourth-order valence-electron chi connectivity index (χ4n) is 2.03. The Morgan fingerprint density at radius 2 is 2.20 bits per heavy atom. The third kappa shape index (κ3) is 4.71. The van der Waals surface area contributed by atoms with Crippen LogP contribution in [0.1, 0.15) is 18.4 Å². The van der Waals surface area contributed by atoms with Gasteiger partial charge in [0.25, 0.3) is 0 Å². The van der Waals surface area contributed by atoms with Crippen molar-refractivity contribution in [3.63, 3.8) is 0 Å². The third-order valence-corrected chi connectivity index (χ3v) is 4.10. The number of fused-ring (bicyclic) bond motifs is 1.